The Bertz CT molecular complexity index is 1140. The van der Waals surface area contributed by atoms with Gasteiger partial charge in [-0.2, -0.15) is 0 Å². The molecule has 0 saturated carbocycles. The van der Waals surface area contributed by atoms with Crippen LogP contribution in [0.1, 0.15) is 24.0 Å². The van der Waals surface area contributed by atoms with E-state index < -0.39 is 23.8 Å². The largest absolute Gasteiger partial charge is 0.468 e. The minimum Gasteiger partial charge on any atom is -0.468 e. The molecule has 2 aromatic carbocycles. The normalized spacial score (nSPS) is 20.8. The first-order valence-electron chi connectivity index (χ1n) is 12.0. The number of rotatable bonds is 6. The molecular weight excluding hydrogens is 468 g/mol. The van der Waals surface area contributed by atoms with Crippen molar-refractivity contribution >= 4 is 17.6 Å². The van der Waals surface area contributed by atoms with E-state index in [1.54, 1.807) is 18.0 Å². The van der Waals surface area contributed by atoms with Crippen molar-refractivity contribution in [2.45, 2.75) is 24.4 Å². The van der Waals surface area contributed by atoms with Crippen LogP contribution in [0.25, 0.3) is 5.57 Å². The molecule has 2 aliphatic heterocycles. The van der Waals surface area contributed by atoms with Crippen molar-refractivity contribution in [2.75, 3.05) is 46.9 Å². The van der Waals surface area contributed by atoms with E-state index in [1.165, 1.54) is 12.0 Å². The van der Waals surface area contributed by atoms with E-state index in [1.807, 2.05) is 35.2 Å². The van der Waals surface area contributed by atoms with Gasteiger partial charge in [0.1, 0.15) is 17.2 Å². The maximum atomic E-state index is 14.7. The van der Waals surface area contributed by atoms with Gasteiger partial charge in [-0.25, -0.2) is 13.6 Å². The molecule has 36 heavy (non-hydrogen) atoms. The summed E-state index contributed by atoms with van der Waals surface area (Å²) < 4.78 is 33.4. The van der Waals surface area contributed by atoms with Crippen molar-refractivity contribution in [1.82, 2.24) is 14.7 Å². The lowest BCUT2D eigenvalue weighted by Crippen LogP contribution is -2.56. The van der Waals surface area contributed by atoms with Gasteiger partial charge in [-0.15, -0.1) is 0 Å². The number of benzene rings is 2. The van der Waals surface area contributed by atoms with E-state index in [4.69, 9.17) is 4.74 Å². The number of aliphatic hydroxyl groups is 1. The number of piperidine rings is 1. The minimum absolute atomic E-state index is 0.0141. The highest BCUT2D eigenvalue weighted by molar-refractivity contribution is 5.83. The molecule has 0 radical (unpaired) electrons. The molecule has 192 valence electrons. The number of carbonyl (C=O) groups is 2. The maximum Gasteiger partial charge on any atom is 0.321 e. The van der Waals surface area contributed by atoms with E-state index in [9.17, 15) is 23.5 Å². The molecule has 2 amide bonds. The third-order valence-electron chi connectivity index (χ3n) is 7.23. The molecule has 2 heterocycles. The van der Waals surface area contributed by atoms with E-state index in [0.717, 1.165) is 18.2 Å². The summed E-state index contributed by atoms with van der Waals surface area (Å²) in [5, 5.41) is 10.6. The van der Waals surface area contributed by atoms with Gasteiger partial charge in [-0.05, 0) is 48.3 Å². The predicted octanol–water partition coefficient (Wildman–Crippen LogP) is 3.24. The molecule has 0 aromatic heterocycles. The lowest BCUT2D eigenvalue weighted by molar-refractivity contribution is -0.142. The van der Waals surface area contributed by atoms with Crippen LogP contribution in [0.5, 0.6) is 0 Å². The molecule has 2 aromatic rings. The zero-order valence-electron chi connectivity index (χ0n) is 20.5. The second-order valence-electron chi connectivity index (χ2n) is 9.31. The first-order chi connectivity index (χ1) is 17.3. The number of aliphatic hydroxyl groups excluding tert-OH is 1. The maximum absolute atomic E-state index is 14.7. The van der Waals surface area contributed by atoms with Crippen molar-refractivity contribution in [2.24, 2.45) is 0 Å². The van der Waals surface area contributed by atoms with Crippen LogP contribution in [0.15, 0.2) is 54.6 Å². The van der Waals surface area contributed by atoms with Crippen LogP contribution < -0.4 is 0 Å². The third kappa shape index (κ3) is 4.99. The number of amides is 2. The number of halogens is 2. The Hall–Kier alpha value is -3.30. The average molecular weight is 500 g/mol. The van der Waals surface area contributed by atoms with Gasteiger partial charge in [0.2, 0.25) is 0 Å². The molecule has 1 fully saturated rings. The van der Waals surface area contributed by atoms with Crippen LogP contribution in [-0.2, 0) is 15.1 Å². The van der Waals surface area contributed by atoms with Gasteiger partial charge < -0.3 is 19.6 Å². The van der Waals surface area contributed by atoms with Gasteiger partial charge in [0, 0.05) is 38.3 Å². The zero-order valence-corrected chi connectivity index (χ0v) is 20.5. The molecule has 1 N–H and O–H groups in total. The highest BCUT2D eigenvalue weighted by Crippen LogP contribution is 2.41. The summed E-state index contributed by atoms with van der Waals surface area (Å²) in [6.45, 7) is 1.08. The second kappa shape index (κ2) is 10.8. The number of hydrogen-bond donors (Lipinski definition) is 1. The summed E-state index contributed by atoms with van der Waals surface area (Å²) in [5.41, 5.74) is -0.0573. The summed E-state index contributed by atoms with van der Waals surface area (Å²) in [7, 11) is 3.08. The second-order valence-corrected chi connectivity index (χ2v) is 9.31. The van der Waals surface area contributed by atoms with Crippen LogP contribution in [0.2, 0.25) is 0 Å². The fraction of sp³-hybridized carbons (Fsp3) is 0.407. The molecule has 1 saturated heterocycles. The molecular formula is C27H31F2N3O4. The highest BCUT2D eigenvalue weighted by Gasteiger charge is 2.46. The van der Waals surface area contributed by atoms with Crippen LogP contribution in [0.4, 0.5) is 13.6 Å². The Kier molecular flexibility index (Phi) is 7.70. The minimum atomic E-state index is -1.23. The molecule has 4 rings (SSSR count). The Morgan fingerprint density at radius 2 is 1.83 bits per heavy atom. The zero-order chi connectivity index (χ0) is 25.9. The van der Waals surface area contributed by atoms with Gasteiger partial charge >= 0.3 is 12.0 Å². The Labute approximate surface area is 209 Å². The van der Waals surface area contributed by atoms with Gasteiger partial charge in [0.05, 0.1) is 20.3 Å². The molecule has 7 nitrogen and oxygen atoms in total. The predicted molar refractivity (Wildman–Crippen MR) is 131 cm³/mol. The van der Waals surface area contributed by atoms with Crippen LogP contribution in [0, 0.1) is 11.6 Å². The topological polar surface area (TPSA) is 73.3 Å². The number of esters is 1. The Morgan fingerprint density at radius 3 is 2.47 bits per heavy atom. The van der Waals surface area contributed by atoms with Gasteiger partial charge in [0.25, 0.3) is 0 Å². The Morgan fingerprint density at radius 1 is 1.14 bits per heavy atom. The number of methoxy groups -OCH3 is 1. The van der Waals surface area contributed by atoms with Gasteiger partial charge in [0.15, 0.2) is 0 Å². The first-order valence-corrected chi connectivity index (χ1v) is 12.0. The van der Waals surface area contributed by atoms with Crippen LogP contribution in [0.3, 0.4) is 0 Å². The molecule has 0 spiro atoms. The summed E-state index contributed by atoms with van der Waals surface area (Å²) in [5.74, 6) is -1.47. The molecule has 9 heteroatoms. The molecule has 1 atom stereocenters. The molecule has 0 aliphatic carbocycles. The van der Waals surface area contributed by atoms with E-state index in [2.05, 4.69) is 0 Å². The van der Waals surface area contributed by atoms with Crippen molar-refractivity contribution in [1.29, 1.82) is 0 Å². The van der Waals surface area contributed by atoms with Crippen molar-refractivity contribution in [3.05, 3.63) is 77.4 Å². The fourth-order valence-electron chi connectivity index (χ4n) is 5.11. The lowest BCUT2D eigenvalue weighted by atomic mass is 9.89. The number of urea groups is 1. The third-order valence-corrected chi connectivity index (χ3v) is 7.23. The van der Waals surface area contributed by atoms with Crippen LogP contribution >= 0.6 is 0 Å². The quantitative estimate of drug-likeness (QED) is 0.618. The van der Waals surface area contributed by atoms with E-state index in [-0.39, 0.29) is 36.7 Å². The molecule has 1 unspecified atom stereocenters. The van der Waals surface area contributed by atoms with Gasteiger partial charge in [-0.3, -0.25) is 9.69 Å². The van der Waals surface area contributed by atoms with E-state index >= 15 is 0 Å². The molecule has 0 bridgehead atoms. The number of hydrogen-bond acceptors (Lipinski definition) is 5. The monoisotopic (exact) mass is 499 g/mol. The first kappa shape index (κ1) is 25.8. The highest BCUT2D eigenvalue weighted by atomic mass is 19.1. The number of carbonyl (C=O) groups excluding carboxylic acids is 2. The van der Waals surface area contributed by atoms with Crippen molar-refractivity contribution in [3.63, 3.8) is 0 Å². The summed E-state index contributed by atoms with van der Waals surface area (Å²) in [6, 6.07) is 11.9. The number of ether oxygens (including phenoxy) is 1. The molecule has 2 aliphatic rings. The number of nitrogens with zero attached hydrogens (tertiary/aromatic N) is 3. The van der Waals surface area contributed by atoms with Crippen molar-refractivity contribution < 1.29 is 28.2 Å². The summed E-state index contributed by atoms with van der Waals surface area (Å²) in [6.07, 6.45) is 3.01. The number of likely N-dealkylation sites (tertiary alicyclic amines) is 1. The lowest BCUT2D eigenvalue weighted by Gasteiger charge is -2.42. The van der Waals surface area contributed by atoms with E-state index in [0.29, 0.717) is 37.1 Å². The van der Waals surface area contributed by atoms with Crippen LogP contribution in [-0.4, -0.2) is 84.8 Å². The smallest absolute Gasteiger partial charge is 0.321 e. The van der Waals surface area contributed by atoms with Crippen molar-refractivity contribution in [3.8, 4) is 0 Å². The summed E-state index contributed by atoms with van der Waals surface area (Å²) in [4.78, 5) is 30.6. The fourth-order valence-corrected chi connectivity index (χ4v) is 5.11. The standard InChI is InChI=1S/C27H31F2N3O4/c1-30(22-10-12-31(13-11-22)17-25(34)36-2)26(35)32-16-19(23-14-21(28)8-9-24(23)29)15-27(32,18-33)20-6-4-3-5-7-20/h3-9,14-15,22,33H,10-13,16-18H2,1-2H3. The SMILES string of the molecule is COC(=O)CN1CCC(N(C)C(=O)N2CC(c3cc(F)ccc3F)=CC2(CO)c2ccccc2)CC1. The Balaban J connectivity index is 1.61. The van der Waals surface area contributed by atoms with Gasteiger partial charge in [-0.1, -0.05) is 30.3 Å². The summed E-state index contributed by atoms with van der Waals surface area (Å²) >= 11 is 0. The average Bonchev–Trinajstić information content (AvgIpc) is 3.31.